The first-order chi connectivity index (χ1) is 9.63. The molecular formula is C16H17ClN2O. The Kier molecular flexibility index (Phi) is 5.16. The number of carbonyl (C=O) groups is 1. The third-order valence-corrected chi connectivity index (χ3v) is 3.07. The maximum Gasteiger partial charge on any atom is 0.238 e. The van der Waals surface area contributed by atoms with E-state index in [2.05, 4.69) is 10.6 Å². The van der Waals surface area contributed by atoms with Crippen molar-refractivity contribution in [2.75, 3.05) is 11.9 Å². The van der Waals surface area contributed by atoms with Crippen LogP contribution < -0.4 is 10.6 Å². The van der Waals surface area contributed by atoms with E-state index < -0.39 is 0 Å². The average molecular weight is 289 g/mol. The first-order valence-electron chi connectivity index (χ1n) is 6.45. The summed E-state index contributed by atoms with van der Waals surface area (Å²) in [4.78, 5) is 11.8. The number of carbonyl (C=O) groups excluding carboxylic acids is 1. The molecule has 0 bridgehead atoms. The normalized spacial score (nSPS) is 10.3. The maximum absolute atomic E-state index is 11.8. The van der Waals surface area contributed by atoms with Crippen LogP contribution in [0.3, 0.4) is 0 Å². The van der Waals surface area contributed by atoms with Gasteiger partial charge < -0.3 is 10.6 Å². The SMILES string of the molecule is Cc1ccc(NC(=O)CNCc2cccc(Cl)c2)cc1. The molecule has 0 unspecified atom stereocenters. The van der Waals surface area contributed by atoms with E-state index in [1.165, 1.54) is 5.56 Å². The lowest BCUT2D eigenvalue weighted by molar-refractivity contribution is -0.115. The lowest BCUT2D eigenvalue weighted by Gasteiger charge is -2.07. The Balaban J connectivity index is 1.76. The van der Waals surface area contributed by atoms with E-state index in [0.29, 0.717) is 11.6 Å². The van der Waals surface area contributed by atoms with Gasteiger partial charge in [-0.15, -0.1) is 0 Å². The van der Waals surface area contributed by atoms with Crippen molar-refractivity contribution in [3.05, 3.63) is 64.7 Å². The molecule has 0 aliphatic carbocycles. The summed E-state index contributed by atoms with van der Waals surface area (Å²) in [5, 5.41) is 6.63. The summed E-state index contributed by atoms with van der Waals surface area (Å²) in [5.41, 5.74) is 3.04. The molecular weight excluding hydrogens is 272 g/mol. The third kappa shape index (κ3) is 4.68. The molecule has 0 saturated carbocycles. The van der Waals surface area contributed by atoms with Gasteiger partial charge >= 0.3 is 0 Å². The standard InChI is InChI=1S/C16H17ClN2O/c1-12-5-7-15(8-6-12)19-16(20)11-18-10-13-3-2-4-14(17)9-13/h2-9,18H,10-11H2,1H3,(H,19,20). The van der Waals surface area contributed by atoms with Crippen molar-refractivity contribution in [3.8, 4) is 0 Å². The van der Waals surface area contributed by atoms with Crippen LogP contribution in [0.2, 0.25) is 5.02 Å². The van der Waals surface area contributed by atoms with Gasteiger partial charge in [0.2, 0.25) is 5.91 Å². The van der Waals surface area contributed by atoms with Gasteiger partial charge in [-0.1, -0.05) is 41.4 Å². The summed E-state index contributed by atoms with van der Waals surface area (Å²) in [7, 11) is 0. The molecule has 0 aliphatic rings. The number of aryl methyl sites for hydroxylation is 1. The van der Waals surface area contributed by atoms with Gasteiger partial charge in [0.1, 0.15) is 0 Å². The van der Waals surface area contributed by atoms with Crippen LogP contribution in [-0.4, -0.2) is 12.5 Å². The molecule has 2 N–H and O–H groups in total. The molecule has 0 spiro atoms. The van der Waals surface area contributed by atoms with Crippen LogP contribution in [0.1, 0.15) is 11.1 Å². The molecule has 0 radical (unpaired) electrons. The van der Waals surface area contributed by atoms with Crippen LogP contribution in [0.25, 0.3) is 0 Å². The van der Waals surface area contributed by atoms with Gasteiger partial charge in [-0.05, 0) is 36.8 Å². The third-order valence-electron chi connectivity index (χ3n) is 2.84. The van der Waals surface area contributed by atoms with E-state index in [1.54, 1.807) is 0 Å². The van der Waals surface area contributed by atoms with E-state index in [4.69, 9.17) is 11.6 Å². The molecule has 4 heteroatoms. The molecule has 0 fully saturated rings. The van der Waals surface area contributed by atoms with Crippen LogP contribution in [0.15, 0.2) is 48.5 Å². The van der Waals surface area contributed by atoms with Gasteiger partial charge in [-0.25, -0.2) is 0 Å². The van der Waals surface area contributed by atoms with E-state index in [9.17, 15) is 4.79 Å². The average Bonchev–Trinajstić information content (AvgIpc) is 2.41. The zero-order valence-corrected chi connectivity index (χ0v) is 12.1. The number of benzene rings is 2. The van der Waals surface area contributed by atoms with Gasteiger partial charge in [-0.2, -0.15) is 0 Å². The van der Waals surface area contributed by atoms with Crippen molar-refractivity contribution in [2.45, 2.75) is 13.5 Å². The summed E-state index contributed by atoms with van der Waals surface area (Å²) in [6, 6.07) is 15.3. The zero-order valence-electron chi connectivity index (χ0n) is 11.3. The van der Waals surface area contributed by atoms with Gasteiger partial charge in [0.15, 0.2) is 0 Å². The molecule has 104 valence electrons. The quantitative estimate of drug-likeness (QED) is 0.885. The number of amides is 1. The Labute approximate surface area is 124 Å². The van der Waals surface area contributed by atoms with Crippen molar-refractivity contribution in [1.29, 1.82) is 0 Å². The lowest BCUT2D eigenvalue weighted by Crippen LogP contribution is -2.27. The van der Waals surface area contributed by atoms with Crippen LogP contribution in [0.5, 0.6) is 0 Å². The smallest absolute Gasteiger partial charge is 0.238 e. The van der Waals surface area contributed by atoms with Gasteiger partial charge in [0, 0.05) is 17.3 Å². The van der Waals surface area contributed by atoms with E-state index in [-0.39, 0.29) is 12.5 Å². The Morgan fingerprint density at radius 3 is 2.60 bits per heavy atom. The summed E-state index contributed by atoms with van der Waals surface area (Å²) in [6.45, 7) is 2.89. The molecule has 0 atom stereocenters. The van der Waals surface area contributed by atoms with E-state index in [1.807, 2.05) is 55.5 Å². The van der Waals surface area contributed by atoms with Gasteiger partial charge in [-0.3, -0.25) is 4.79 Å². The van der Waals surface area contributed by atoms with Crippen molar-refractivity contribution < 1.29 is 4.79 Å². The van der Waals surface area contributed by atoms with Crippen molar-refractivity contribution >= 4 is 23.2 Å². The molecule has 20 heavy (non-hydrogen) atoms. The second-order valence-electron chi connectivity index (χ2n) is 4.65. The molecule has 3 nitrogen and oxygen atoms in total. The predicted octanol–water partition coefficient (Wildman–Crippen LogP) is 3.38. The summed E-state index contributed by atoms with van der Waals surface area (Å²) in [5.74, 6) is -0.0594. The van der Waals surface area contributed by atoms with Crippen molar-refractivity contribution in [1.82, 2.24) is 5.32 Å². The second-order valence-corrected chi connectivity index (χ2v) is 5.08. The minimum Gasteiger partial charge on any atom is -0.325 e. The number of anilines is 1. The summed E-state index contributed by atoms with van der Waals surface area (Å²) >= 11 is 5.90. The first-order valence-corrected chi connectivity index (χ1v) is 6.83. The second kappa shape index (κ2) is 7.08. The number of nitrogens with one attached hydrogen (secondary N) is 2. The number of rotatable bonds is 5. The van der Waals surface area contributed by atoms with Crippen LogP contribution in [-0.2, 0) is 11.3 Å². The highest BCUT2D eigenvalue weighted by atomic mass is 35.5. The molecule has 0 aliphatic heterocycles. The Morgan fingerprint density at radius 2 is 1.90 bits per heavy atom. The van der Waals surface area contributed by atoms with E-state index >= 15 is 0 Å². The number of hydrogen-bond acceptors (Lipinski definition) is 2. The molecule has 2 aromatic carbocycles. The van der Waals surface area contributed by atoms with Crippen LogP contribution >= 0.6 is 11.6 Å². The van der Waals surface area contributed by atoms with Gasteiger partial charge in [0.25, 0.3) is 0 Å². The van der Waals surface area contributed by atoms with Crippen LogP contribution in [0, 0.1) is 6.92 Å². The molecule has 2 rings (SSSR count). The maximum atomic E-state index is 11.8. The fourth-order valence-electron chi connectivity index (χ4n) is 1.81. The molecule has 0 aromatic heterocycles. The monoisotopic (exact) mass is 288 g/mol. The molecule has 0 saturated heterocycles. The molecule has 1 amide bonds. The minimum atomic E-state index is -0.0594. The summed E-state index contributed by atoms with van der Waals surface area (Å²) in [6.07, 6.45) is 0. The minimum absolute atomic E-state index is 0.0594. The summed E-state index contributed by atoms with van der Waals surface area (Å²) < 4.78 is 0. The zero-order chi connectivity index (χ0) is 14.4. The van der Waals surface area contributed by atoms with E-state index in [0.717, 1.165) is 11.3 Å². The predicted molar refractivity (Wildman–Crippen MR) is 83.0 cm³/mol. The fraction of sp³-hybridized carbons (Fsp3) is 0.188. The Morgan fingerprint density at radius 1 is 1.15 bits per heavy atom. The van der Waals surface area contributed by atoms with Crippen molar-refractivity contribution in [2.24, 2.45) is 0 Å². The van der Waals surface area contributed by atoms with Crippen molar-refractivity contribution in [3.63, 3.8) is 0 Å². The Hall–Kier alpha value is -1.84. The first kappa shape index (κ1) is 14.6. The number of hydrogen-bond donors (Lipinski definition) is 2. The largest absolute Gasteiger partial charge is 0.325 e. The Bertz CT molecular complexity index is 581. The highest BCUT2D eigenvalue weighted by Gasteiger charge is 2.02. The number of halogens is 1. The molecule has 2 aromatic rings. The fourth-order valence-corrected chi connectivity index (χ4v) is 2.02. The van der Waals surface area contributed by atoms with Gasteiger partial charge in [0.05, 0.1) is 6.54 Å². The van der Waals surface area contributed by atoms with Crippen LogP contribution in [0.4, 0.5) is 5.69 Å². The topological polar surface area (TPSA) is 41.1 Å². The molecule has 0 heterocycles. The highest BCUT2D eigenvalue weighted by Crippen LogP contribution is 2.10. The highest BCUT2D eigenvalue weighted by molar-refractivity contribution is 6.30. The lowest BCUT2D eigenvalue weighted by atomic mass is 10.2.